The van der Waals surface area contributed by atoms with Crippen LogP contribution in [0.1, 0.15) is 52.9 Å². The number of hydrogen-bond donors (Lipinski definition) is 0. The fourth-order valence-electron chi connectivity index (χ4n) is 1.46. The summed E-state index contributed by atoms with van der Waals surface area (Å²) in [7, 11) is -3.53. The van der Waals surface area contributed by atoms with Crippen molar-refractivity contribution in [3.63, 3.8) is 0 Å². The molecule has 0 aromatic heterocycles. The quantitative estimate of drug-likeness (QED) is 0.424. The largest absolute Gasteiger partial charge is 0.364 e. The van der Waals surface area contributed by atoms with Crippen LogP contribution in [0.4, 0.5) is 4.39 Å². The summed E-state index contributed by atoms with van der Waals surface area (Å²) in [6.07, 6.45) is 4.15. The van der Waals surface area contributed by atoms with Crippen LogP contribution in [-0.2, 0) is 13.6 Å². The molecule has 1 atom stereocenters. The van der Waals surface area contributed by atoms with E-state index in [1.807, 2.05) is 0 Å². The van der Waals surface area contributed by atoms with E-state index in [2.05, 4.69) is 6.92 Å². The topological polar surface area (TPSA) is 35.5 Å². The van der Waals surface area contributed by atoms with Crippen LogP contribution in [0.5, 0.6) is 0 Å². The van der Waals surface area contributed by atoms with Gasteiger partial charge in [0.25, 0.3) is 0 Å². The molecule has 0 N–H and O–H groups in total. The molecule has 0 saturated heterocycles. The van der Waals surface area contributed by atoms with E-state index in [0.29, 0.717) is 0 Å². The molecule has 0 fully saturated rings. The molecule has 0 radical (unpaired) electrons. The highest BCUT2D eigenvalue weighted by atomic mass is 31.2. The second-order valence-corrected chi connectivity index (χ2v) is 5.82. The fourth-order valence-corrected chi connectivity index (χ4v) is 3.07. The maximum absolute atomic E-state index is 13.7. The van der Waals surface area contributed by atoms with Crippen molar-refractivity contribution in [1.29, 1.82) is 0 Å². The third-order valence-electron chi connectivity index (χ3n) is 2.26. The van der Waals surface area contributed by atoms with Crippen LogP contribution in [0.15, 0.2) is 0 Å². The van der Waals surface area contributed by atoms with Crippen molar-refractivity contribution >= 4 is 7.60 Å². The molecule has 0 aliphatic carbocycles. The van der Waals surface area contributed by atoms with Crippen molar-refractivity contribution in [1.82, 2.24) is 0 Å². The summed E-state index contributed by atoms with van der Waals surface area (Å²) >= 11 is 0. The highest BCUT2D eigenvalue weighted by Crippen LogP contribution is 2.55. The SMILES string of the molecule is CCCCCCC(F)P(=O)(OCC)OCC. The normalized spacial score (nSPS) is 14.0. The third-order valence-corrected chi connectivity index (χ3v) is 4.44. The van der Waals surface area contributed by atoms with Crippen molar-refractivity contribution in [3.8, 4) is 0 Å². The summed E-state index contributed by atoms with van der Waals surface area (Å²) in [4.78, 5) is 0. The molecule has 0 amide bonds. The number of rotatable bonds is 10. The van der Waals surface area contributed by atoms with Crippen LogP contribution in [0.25, 0.3) is 0 Å². The highest BCUT2D eigenvalue weighted by Gasteiger charge is 2.35. The lowest BCUT2D eigenvalue weighted by molar-refractivity contribution is 0.185. The van der Waals surface area contributed by atoms with Crippen molar-refractivity contribution in [2.45, 2.75) is 58.8 Å². The van der Waals surface area contributed by atoms with Gasteiger partial charge in [-0.25, -0.2) is 4.39 Å². The average Bonchev–Trinajstić information content (AvgIpc) is 2.24. The zero-order valence-corrected chi connectivity index (χ0v) is 11.5. The molecule has 0 aromatic carbocycles. The Balaban J connectivity index is 4.06. The molecule has 0 saturated carbocycles. The molecule has 1 unspecified atom stereocenters. The van der Waals surface area contributed by atoms with Gasteiger partial charge in [-0.15, -0.1) is 0 Å². The first-order chi connectivity index (χ1) is 7.60. The summed E-state index contributed by atoms with van der Waals surface area (Å²) in [5, 5.41) is 0. The Morgan fingerprint density at radius 3 is 2.06 bits per heavy atom. The van der Waals surface area contributed by atoms with Crippen molar-refractivity contribution in [2.75, 3.05) is 13.2 Å². The molecule has 98 valence electrons. The minimum atomic E-state index is -3.53. The van der Waals surface area contributed by atoms with Gasteiger partial charge in [0.2, 0.25) is 5.91 Å². The smallest absolute Gasteiger partial charge is 0.307 e. The number of hydrogen-bond acceptors (Lipinski definition) is 3. The lowest BCUT2D eigenvalue weighted by Gasteiger charge is -2.20. The van der Waals surface area contributed by atoms with Gasteiger partial charge in [-0.05, 0) is 26.7 Å². The summed E-state index contributed by atoms with van der Waals surface area (Å²) in [6.45, 7) is 5.91. The van der Waals surface area contributed by atoms with Gasteiger partial charge in [0.15, 0.2) is 0 Å². The molecular formula is C11H24FO3P. The molecule has 0 aromatic rings. The molecule has 5 heteroatoms. The first-order valence-corrected chi connectivity index (χ1v) is 7.74. The van der Waals surface area contributed by atoms with E-state index >= 15 is 0 Å². The van der Waals surface area contributed by atoms with Crippen LogP contribution in [0, 0.1) is 0 Å². The van der Waals surface area contributed by atoms with Crippen molar-refractivity contribution < 1.29 is 18.0 Å². The summed E-state index contributed by atoms with van der Waals surface area (Å²) in [5.74, 6) is -1.48. The van der Waals surface area contributed by atoms with Gasteiger partial charge in [0.1, 0.15) is 0 Å². The van der Waals surface area contributed by atoms with Crippen LogP contribution >= 0.6 is 7.60 Å². The van der Waals surface area contributed by atoms with E-state index < -0.39 is 13.5 Å². The molecule has 0 aliphatic rings. The summed E-state index contributed by atoms with van der Waals surface area (Å²) < 4.78 is 35.6. The number of unbranched alkanes of at least 4 members (excludes halogenated alkanes) is 3. The zero-order valence-electron chi connectivity index (χ0n) is 10.6. The van der Waals surface area contributed by atoms with Crippen LogP contribution < -0.4 is 0 Å². The van der Waals surface area contributed by atoms with Crippen molar-refractivity contribution in [2.24, 2.45) is 0 Å². The lowest BCUT2D eigenvalue weighted by atomic mass is 10.2. The highest BCUT2D eigenvalue weighted by molar-refractivity contribution is 7.54. The van der Waals surface area contributed by atoms with Gasteiger partial charge in [0.05, 0.1) is 13.2 Å². The van der Waals surface area contributed by atoms with Crippen LogP contribution in [-0.4, -0.2) is 19.1 Å². The van der Waals surface area contributed by atoms with Gasteiger partial charge in [-0.1, -0.05) is 26.2 Å². The minimum Gasteiger partial charge on any atom is -0.307 e. The molecule has 0 aliphatic heterocycles. The second-order valence-electron chi connectivity index (χ2n) is 3.66. The van der Waals surface area contributed by atoms with Crippen molar-refractivity contribution in [3.05, 3.63) is 0 Å². The Labute approximate surface area is 98.2 Å². The Hall–Kier alpha value is 0.0800. The molecule has 16 heavy (non-hydrogen) atoms. The van der Waals surface area contributed by atoms with E-state index in [1.54, 1.807) is 13.8 Å². The number of halogens is 1. The van der Waals surface area contributed by atoms with Gasteiger partial charge in [0, 0.05) is 0 Å². The molecule has 0 rings (SSSR count). The predicted octanol–water partition coefficient (Wildman–Crippen LogP) is 4.52. The zero-order chi connectivity index (χ0) is 12.4. The molecular weight excluding hydrogens is 230 g/mol. The molecule has 0 spiro atoms. The van der Waals surface area contributed by atoms with E-state index in [0.717, 1.165) is 25.7 Å². The Morgan fingerprint density at radius 1 is 1.06 bits per heavy atom. The second kappa shape index (κ2) is 9.15. The Bertz CT molecular complexity index is 201. The fraction of sp³-hybridized carbons (Fsp3) is 1.00. The molecule has 0 bridgehead atoms. The molecule has 0 heterocycles. The number of alkyl halides is 1. The first kappa shape index (κ1) is 16.1. The van der Waals surface area contributed by atoms with E-state index in [4.69, 9.17) is 9.05 Å². The van der Waals surface area contributed by atoms with Gasteiger partial charge in [-0.2, -0.15) is 0 Å². The lowest BCUT2D eigenvalue weighted by Crippen LogP contribution is -2.08. The monoisotopic (exact) mass is 254 g/mol. The Morgan fingerprint density at radius 2 is 1.62 bits per heavy atom. The Kier molecular flexibility index (Phi) is 9.19. The van der Waals surface area contributed by atoms with E-state index in [1.165, 1.54) is 0 Å². The minimum absolute atomic E-state index is 0.215. The van der Waals surface area contributed by atoms with E-state index in [9.17, 15) is 8.96 Å². The first-order valence-electron chi connectivity index (χ1n) is 6.13. The van der Waals surface area contributed by atoms with Crippen LogP contribution in [0.3, 0.4) is 0 Å². The van der Waals surface area contributed by atoms with Gasteiger partial charge in [-0.3, -0.25) is 4.57 Å². The summed E-state index contributed by atoms with van der Waals surface area (Å²) in [5.41, 5.74) is 0. The standard InChI is InChI=1S/C11H24FO3P/c1-4-7-8-9-10-11(12)16(13,14-5-2)15-6-3/h11H,4-10H2,1-3H3. The average molecular weight is 254 g/mol. The third kappa shape index (κ3) is 5.97. The van der Waals surface area contributed by atoms with Gasteiger partial charge >= 0.3 is 7.60 Å². The van der Waals surface area contributed by atoms with Gasteiger partial charge < -0.3 is 9.05 Å². The maximum Gasteiger partial charge on any atom is 0.364 e. The maximum atomic E-state index is 13.7. The predicted molar refractivity (Wildman–Crippen MR) is 64.5 cm³/mol. The molecule has 3 nitrogen and oxygen atoms in total. The van der Waals surface area contributed by atoms with Crippen LogP contribution in [0.2, 0.25) is 0 Å². The van der Waals surface area contributed by atoms with E-state index in [-0.39, 0.29) is 19.6 Å². The summed E-state index contributed by atoms with van der Waals surface area (Å²) in [6, 6.07) is 0.